The van der Waals surface area contributed by atoms with E-state index in [-0.39, 0.29) is 5.69 Å². The van der Waals surface area contributed by atoms with E-state index in [4.69, 9.17) is 4.74 Å². The highest BCUT2D eigenvalue weighted by Gasteiger charge is 2.02. The summed E-state index contributed by atoms with van der Waals surface area (Å²) in [5, 5.41) is 4.07. The van der Waals surface area contributed by atoms with Gasteiger partial charge in [-0.3, -0.25) is 4.98 Å². The third kappa shape index (κ3) is 2.13. The molecule has 1 aromatic carbocycles. The van der Waals surface area contributed by atoms with Gasteiger partial charge < -0.3 is 4.74 Å². The van der Waals surface area contributed by atoms with Crippen molar-refractivity contribution >= 4 is 0 Å². The maximum Gasteiger partial charge on any atom is 0.343 e. The lowest BCUT2D eigenvalue weighted by atomic mass is 10.2. The normalized spacial score (nSPS) is 10.4. The fourth-order valence-electron chi connectivity index (χ4n) is 1.48. The van der Waals surface area contributed by atoms with Crippen molar-refractivity contribution in [2.45, 2.75) is 13.5 Å². The van der Waals surface area contributed by atoms with Crippen LogP contribution in [0, 0.1) is 6.92 Å². The molecule has 0 aliphatic rings. The second-order valence-corrected chi connectivity index (χ2v) is 3.52. The third-order valence-electron chi connectivity index (χ3n) is 2.28. The molecule has 2 aromatic rings. The first-order valence-corrected chi connectivity index (χ1v) is 4.95. The average Bonchev–Trinajstić information content (AvgIpc) is 2.59. The number of ether oxygens (including phenoxy) is 1. The van der Waals surface area contributed by atoms with Crippen molar-refractivity contribution < 1.29 is 4.74 Å². The lowest BCUT2D eigenvalue weighted by Crippen LogP contribution is -2.18. The van der Waals surface area contributed by atoms with Crippen molar-refractivity contribution in [2.75, 3.05) is 7.11 Å². The minimum absolute atomic E-state index is 0.187. The van der Waals surface area contributed by atoms with Crippen LogP contribution in [0.2, 0.25) is 0 Å². The number of nitrogens with zero attached hydrogens (tertiary/aromatic N) is 2. The highest BCUT2D eigenvalue weighted by atomic mass is 16.5. The van der Waals surface area contributed by atoms with Crippen LogP contribution in [0.25, 0.3) is 0 Å². The van der Waals surface area contributed by atoms with Crippen LogP contribution in [-0.2, 0) is 6.54 Å². The van der Waals surface area contributed by atoms with Gasteiger partial charge in [0, 0.05) is 0 Å². The number of H-pyrrole nitrogens is 1. The molecule has 84 valence electrons. The van der Waals surface area contributed by atoms with E-state index < -0.39 is 0 Å². The molecule has 0 aliphatic carbocycles. The van der Waals surface area contributed by atoms with Gasteiger partial charge in [0.05, 0.1) is 13.7 Å². The molecule has 0 atom stereocenters. The number of nitrogens with one attached hydrogen (secondary N) is 1. The van der Waals surface area contributed by atoms with Crippen molar-refractivity contribution in [3.05, 3.63) is 46.1 Å². The van der Waals surface area contributed by atoms with Gasteiger partial charge in [0.15, 0.2) is 0 Å². The van der Waals surface area contributed by atoms with Gasteiger partial charge in [0.25, 0.3) is 0 Å². The number of benzene rings is 1. The molecule has 0 amide bonds. The van der Waals surface area contributed by atoms with Gasteiger partial charge in [0.1, 0.15) is 11.6 Å². The Hall–Kier alpha value is -2.04. The molecule has 0 fully saturated rings. The Labute approximate surface area is 92.7 Å². The number of aromatic nitrogens is 3. The molecule has 5 heteroatoms. The number of rotatable bonds is 3. The highest BCUT2D eigenvalue weighted by molar-refractivity contribution is 5.27. The van der Waals surface area contributed by atoms with Crippen LogP contribution in [-0.4, -0.2) is 21.9 Å². The van der Waals surface area contributed by atoms with Crippen LogP contribution in [0.15, 0.2) is 29.1 Å². The Balaban J connectivity index is 2.20. The van der Waals surface area contributed by atoms with Gasteiger partial charge in [0.2, 0.25) is 0 Å². The molecular weight excluding hydrogens is 206 g/mol. The molecular formula is C11H13N3O2. The lowest BCUT2D eigenvalue weighted by Gasteiger charge is -2.02. The maximum absolute atomic E-state index is 11.4. The Morgan fingerprint density at radius 1 is 1.38 bits per heavy atom. The van der Waals surface area contributed by atoms with E-state index in [1.165, 1.54) is 4.68 Å². The average molecular weight is 219 g/mol. The second-order valence-electron chi connectivity index (χ2n) is 3.52. The molecule has 0 radical (unpaired) electrons. The summed E-state index contributed by atoms with van der Waals surface area (Å²) < 4.78 is 6.46. The summed E-state index contributed by atoms with van der Waals surface area (Å²) >= 11 is 0. The number of hydrogen-bond acceptors (Lipinski definition) is 3. The number of aryl methyl sites for hydroxylation is 1. The maximum atomic E-state index is 11.4. The van der Waals surface area contributed by atoms with Crippen LogP contribution in [0.5, 0.6) is 5.75 Å². The summed E-state index contributed by atoms with van der Waals surface area (Å²) in [6.07, 6.45) is 0. The molecule has 0 bridgehead atoms. The summed E-state index contributed by atoms with van der Waals surface area (Å²) in [6.45, 7) is 2.22. The molecule has 0 saturated carbocycles. The summed E-state index contributed by atoms with van der Waals surface area (Å²) in [4.78, 5) is 14.0. The molecule has 1 heterocycles. The molecule has 5 nitrogen and oxygen atoms in total. The van der Waals surface area contributed by atoms with Crippen molar-refractivity contribution in [3.8, 4) is 5.75 Å². The van der Waals surface area contributed by atoms with E-state index in [9.17, 15) is 4.79 Å². The van der Waals surface area contributed by atoms with Crippen LogP contribution in [0.1, 0.15) is 11.4 Å². The molecule has 0 unspecified atom stereocenters. The number of hydrogen-bond donors (Lipinski definition) is 1. The van der Waals surface area contributed by atoms with Gasteiger partial charge in [-0.2, -0.15) is 5.10 Å². The molecule has 2 rings (SSSR count). The summed E-state index contributed by atoms with van der Waals surface area (Å²) in [5.74, 6) is 1.42. The van der Waals surface area contributed by atoms with Crippen LogP contribution < -0.4 is 10.4 Å². The largest absolute Gasteiger partial charge is 0.497 e. The Bertz CT molecular complexity index is 525. The van der Waals surface area contributed by atoms with Gasteiger partial charge in [-0.15, -0.1) is 0 Å². The summed E-state index contributed by atoms with van der Waals surface area (Å²) in [7, 11) is 1.62. The van der Waals surface area contributed by atoms with Gasteiger partial charge in [-0.25, -0.2) is 9.48 Å². The number of methoxy groups -OCH3 is 1. The van der Waals surface area contributed by atoms with Crippen molar-refractivity contribution in [1.82, 2.24) is 14.8 Å². The van der Waals surface area contributed by atoms with Crippen molar-refractivity contribution in [1.29, 1.82) is 0 Å². The first-order valence-electron chi connectivity index (χ1n) is 4.95. The van der Waals surface area contributed by atoms with Gasteiger partial charge in [-0.05, 0) is 24.6 Å². The minimum atomic E-state index is -0.187. The Morgan fingerprint density at radius 3 is 2.56 bits per heavy atom. The van der Waals surface area contributed by atoms with E-state index in [0.29, 0.717) is 12.4 Å². The molecule has 0 saturated heterocycles. The minimum Gasteiger partial charge on any atom is -0.497 e. The van der Waals surface area contributed by atoms with E-state index in [1.54, 1.807) is 14.0 Å². The quantitative estimate of drug-likeness (QED) is 0.835. The standard InChI is InChI=1S/C11H13N3O2/c1-8-12-11(15)14(13-8)7-9-3-5-10(16-2)6-4-9/h3-6H,7H2,1-2H3,(H,12,13,15). The fraction of sp³-hybridized carbons (Fsp3) is 0.273. The summed E-state index contributed by atoms with van der Waals surface area (Å²) in [5.41, 5.74) is 0.822. The first kappa shape index (κ1) is 10.5. The lowest BCUT2D eigenvalue weighted by molar-refractivity contribution is 0.414. The summed E-state index contributed by atoms with van der Waals surface area (Å²) in [6, 6.07) is 7.55. The molecule has 16 heavy (non-hydrogen) atoms. The zero-order valence-corrected chi connectivity index (χ0v) is 9.23. The molecule has 1 aromatic heterocycles. The van der Waals surface area contributed by atoms with E-state index >= 15 is 0 Å². The predicted molar refractivity (Wildman–Crippen MR) is 59.7 cm³/mol. The monoisotopic (exact) mass is 219 g/mol. The van der Waals surface area contributed by atoms with Gasteiger partial charge >= 0.3 is 5.69 Å². The van der Waals surface area contributed by atoms with Crippen LogP contribution in [0.3, 0.4) is 0 Å². The highest BCUT2D eigenvalue weighted by Crippen LogP contribution is 2.11. The van der Waals surface area contributed by atoms with Crippen LogP contribution >= 0.6 is 0 Å². The third-order valence-corrected chi connectivity index (χ3v) is 2.28. The molecule has 0 aliphatic heterocycles. The first-order chi connectivity index (χ1) is 7.69. The Morgan fingerprint density at radius 2 is 2.06 bits per heavy atom. The number of aromatic amines is 1. The predicted octanol–water partition coefficient (Wildman–Crippen LogP) is 0.937. The van der Waals surface area contributed by atoms with Crippen molar-refractivity contribution in [2.24, 2.45) is 0 Å². The fourth-order valence-corrected chi connectivity index (χ4v) is 1.48. The zero-order valence-electron chi connectivity index (χ0n) is 9.23. The Kier molecular flexibility index (Phi) is 2.76. The smallest absolute Gasteiger partial charge is 0.343 e. The van der Waals surface area contributed by atoms with Gasteiger partial charge in [-0.1, -0.05) is 12.1 Å². The molecule has 0 spiro atoms. The van der Waals surface area contributed by atoms with E-state index in [1.807, 2.05) is 24.3 Å². The van der Waals surface area contributed by atoms with Crippen LogP contribution in [0.4, 0.5) is 0 Å². The second kappa shape index (κ2) is 4.22. The SMILES string of the molecule is COc1ccc(Cn2nc(C)[nH]c2=O)cc1. The zero-order chi connectivity index (χ0) is 11.5. The topological polar surface area (TPSA) is 59.9 Å². The van der Waals surface area contributed by atoms with E-state index in [2.05, 4.69) is 10.1 Å². The van der Waals surface area contributed by atoms with E-state index in [0.717, 1.165) is 11.3 Å². The van der Waals surface area contributed by atoms with Crippen molar-refractivity contribution in [3.63, 3.8) is 0 Å². The molecule has 1 N–H and O–H groups in total.